The summed E-state index contributed by atoms with van der Waals surface area (Å²) in [4.78, 5) is 10.8. The second-order valence-corrected chi connectivity index (χ2v) is 2.82. The van der Waals surface area contributed by atoms with Crippen molar-refractivity contribution < 1.29 is 4.79 Å². The van der Waals surface area contributed by atoms with Crippen molar-refractivity contribution in [1.29, 1.82) is 0 Å². The molecule has 0 radical (unpaired) electrons. The van der Waals surface area contributed by atoms with E-state index < -0.39 is 0 Å². The highest BCUT2D eigenvalue weighted by Crippen LogP contribution is 2.28. The molecule has 1 aliphatic rings. The van der Waals surface area contributed by atoms with Crippen LogP contribution in [0.2, 0.25) is 0 Å². The minimum absolute atomic E-state index is 0.0307. The van der Waals surface area contributed by atoms with E-state index in [1.54, 1.807) is 0 Å². The maximum absolute atomic E-state index is 10.8. The third-order valence-corrected chi connectivity index (χ3v) is 1.76. The second kappa shape index (κ2) is 2.90. The molecule has 1 fully saturated rings. The molecule has 3 heteroatoms. The summed E-state index contributed by atoms with van der Waals surface area (Å²) in [7, 11) is 0. The molecule has 1 aliphatic carbocycles. The Hall–Kier alpha value is -0.730. The molecule has 2 amide bonds. The number of urea groups is 1. The van der Waals surface area contributed by atoms with E-state index in [9.17, 15) is 4.79 Å². The standard InChI is InChI=1S/C7H14N2O/c1-3-8-7(10)9-6-4-5(6)2/h5-6H,3-4H2,1-2H3,(H2,8,9,10). The van der Waals surface area contributed by atoms with Crippen molar-refractivity contribution in [2.75, 3.05) is 6.54 Å². The van der Waals surface area contributed by atoms with Crippen molar-refractivity contribution in [2.24, 2.45) is 5.92 Å². The fraction of sp³-hybridized carbons (Fsp3) is 0.857. The number of hydrogen-bond acceptors (Lipinski definition) is 1. The lowest BCUT2D eigenvalue weighted by Gasteiger charge is -2.02. The average Bonchev–Trinajstić information content (AvgIpc) is 2.47. The van der Waals surface area contributed by atoms with Crippen molar-refractivity contribution in [3.63, 3.8) is 0 Å². The Bertz CT molecular complexity index is 136. The molecule has 0 heterocycles. The molecule has 0 saturated heterocycles. The number of amides is 2. The molecule has 0 spiro atoms. The van der Waals surface area contributed by atoms with Crippen LogP contribution >= 0.6 is 0 Å². The van der Waals surface area contributed by atoms with Crippen LogP contribution in [-0.4, -0.2) is 18.6 Å². The van der Waals surface area contributed by atoms with Crippen LogP contribution in [0.15, 0.2) is 0 Å². The summed E-state index contributed by atoms with van der Waals surface area (Å²) < 4.78 is 0. The lowest BCUT2D eigenvalue weighted by atomic mass is 10.5. The number of carbonyl (C=O) groups is 1. The molecule has 2 unspecified atom stereocenters. The van der Waals surface area contributed by atoms with Crippen molar-refractivity contribution in [2.45, 2.75) is 26.3 Å². The molecule has 0 aromatic rings. The maximum atomic E-state index is 10.8. The molecule has 0 aliphatic heterocycles. The predicted molar refractivity (Wildman–Crippen MR) is 39.8 cm³/mol. The van der Waals surface area contributed by atoms with E-state index in [2.05, 4.69) is 17.6 Å². The van der Waals surface area contributed by atoms with Gasteiger partial charge in [0.05, 0.1) is 0 Å². The van der Waals surface area contributed by atoms with Gasteiger partial charge in [0.15, 0.2) is 0 Å². The molecule has 0 aromatic heterocycles. The molecule has 1 rings (SSSR count). The monoisotopic (exact) mass is 142 g/mol. The van der Waals surface area contributed by atoms with Gasteiger partial charge >= 0.3 is 6.03 Å². The molecular formula is C7H14N2O. The van der Waals surface area contributed by atoms with E-state index in [0.29, 0.717) is 18.5 Å². The fourth-order valence-electron chi connectivity index (χ4n) is 0.903. The van der Waals surface area contributed by atoms with Gasteiger partial charge in [0.2, 0.25) is 0 Å². The second-order valence-electron chi connectivity index (χ2n) is 2.82. The Balaban J connectivity index is 2.07. The van der Waals surface area contributed by atoms with E-state index in [-0.39, 0.29) is 6.03 Å². The Morgan fingerprint density at radius 3 is 2.70 bits per heavy atom. The molecule has 3 nitrogen and oxygen atoms in total. The fourth-order valence-corrected chi connectivity index (χ4v) is 0.903. The van der Waals surface area contributed by atoms with Crippen molar-refractivity contribution in [3.05, 3.63) is 0 Å². The third-order valence-electron chi connectivity index (χ3n) is 1.76. The SMILES string of the molecule is CCNC(=O)NC1CC1C. The quantitative estimate of drug-likeness (QED) is 0.586. The molecule has 0 aromatic carbocycles. The lowest BCUT2D eigenvalue weighted by molar-refractivity contribution is 0.240. The van der Waals surface area contributed by atoms with Crippen LogP contribution in [0.25, 0.3) is 0 Å². The van der Waals surface area contributed by atoms with Gasteiger partial charge in [-0.1, -0.05) is 6.92 Å². The maximum Gasteiger partial charge on any atom is 0.315 e. The summed E-state index contributed by atoms with van der Waals surface area (Å²) in [5, 5.41) is 5.54. The van der Waals surface area contributed by atoms with Gasteiger partial charge in [-0.25, -0.2) is 4.79 Å². The van der Waals surface area contributed by atoms with E-state index in [0.717, 1.165) is 6.42 Å². The normalized spacial score (nSPS) is 29.4. The number of rotatable bonds is 2. The highest BCUT2D eigenvalue weighted by Gasteiger charge is 2.33. The van der Waals surface area contributed by atoms with Gasteiger partial charge in [-0.05, 0) is 19.3 Å². The van der Waals surface area contributed by atoms with Crippen LogP contribution in [0, 0.1) is 5.92 Å². The van der Waals surface area contributed by atoms with Crippen molar-refractivity contribution in [3.8, 4) is 0 Å². The molecule has 1 saturated carbocycles. The molecule has 2 atom stereocenters. The lowest BCUT2D eigenvalue weighted by Crippen LogP contribution is -2.37. The minimum atomic E-state index is -0.0307. The van der Waals surface area contributed by atoms with Gasteiger partial charge in [-0.3, -0.25) is 0 Å². The summed E-state index contributed by atoms with van der Waals surface area (Å²) in [5.41, 5.74) is 0. The van der Waals surface area contributed by atoms with Crippen LogP contribution in [0.4, 0.5) is 4.79 Å². The zero-order chi connectivity index (χ0) is 7.56. The average molecular weight is 142 g/mol. The van der Waals surface area contributed by atoms with Gasteiger partial charge in [-0.15, -0.1) is 0 Å². The molecule has 0 bridgehead atoms. The highest BCUT2D eigenvalue weighted by molar-refractivity contribution is 5.74. The Kier molecular flexibility index (Phi) is 2.14. The highest BCUT2D eigenvalue weighted by atomic mass is 16.2. The largest absolute Gasteiger partial charge is 0.338 e. The van der Waals surface area contributed by atoms with Gasteiger partial charge in [0, 0.05) is 12.6 Å². The Labute approximate surface area is 61.2 Å². The summed E-state index contributed by atoms with van der Waals surface area (Å²) in [6.07, 6.45) is 1.14. The summed E-state index contributed by atoms with van der Waals surface area (Å²) in [6, 6.07) is 0.406. The first-order valence-electron chi connectivity index (χ1n) is 3.78. The van der Waals surface area contributed by atoms with E-state index in [1.165, 1.54) is 0 Å². The van der Waals surface area contributed by atoms with Crippen LogP contribution in [0.5, 0.6) is 0 Å². The topological polar surface area (TPSA) is 41.1 Å². The zero-order valence-corrected chi connectivity index (χ0v) is 6.48. The van der Waals surface area contributed by atoms with Crippen molar-refractivity contribution in [1.82, 2.24) is 10.6 Å². The van der Waals surface area contributed by atoms with Gasteiger partial charge < -0.3 is 10.6 Å². The first kappa shape index (κ1) is 7.38. The molecule has 58 valence electrons. The van der Waals surface area contributed by atoms with E-state index in [4.69, 9.17) is 0 Å². The summed E-state index contributed by atoms with van der Waals surface area (Å²) in [6.45, 7) is 4.75. The minimum Gasteiger partial charge on any atom is -0.338 e. The van der Waals surface area contributed by atoms with Crippen molar-refractivity contribution >= 4 is 6.03 Å². The van der Waals surface area contributed by atoms with E-state index in [1.807, 2.05) is 6.92 Å². The first-order chi connectivity index (χ1) is 4.74. The number of nitrogens with one attached hydrogen (secondary N) is 2. The third kappa shape index (κ3) is 1.90. The number of carbonyl (C=O) groups excluding carboxylic acids is 1. The zero-order valence-electron chi connectivity index (χ0n) is 6.48. The Morgan fingerprint density at radius 2 is 2.30 bits per heavy atom. The smallest absolute Gasteiger partial charge is 0.315 e. The predicted octanol–water partition coefficient (Wildman–Crippen LogP) is 0.714. The van der Waals surface area contributed by atoms with E-state index >= 15 is 0 Å². The Morgan fingerprint density at radius 1 is 1.70 bits per heavy atom. The number of hydrogen-bond donors (Lipinski definition) is 2. The van der Waals surface area contributed by atoms with Crippen LogP contribution in [0.3, 0.4) is 0 Å². The van der Waals surface area contributed by atoms with Gasteiger partial charge in [0.25, 0.3) is 0 Å². The van der Waals surface area contributed by atoms with Crippen LogP contribution in [-0.2, 0) is 0 Å². The molecule has 2 N–H and O–H groups in total. The summed E-state index contributed by atoms with van der Waals surface area (Å²) in [5.74, 6) is 0.683. The van der Waals surface area contributed by atoms with Gasteiger partial charge in [0.1, 0.15) is 0 Å². The van der Waals surface area contributed by atoms with Gasteiger partial charge in [-0.2, -0.15) is 0 Å². The molecular weight excluding hydrogens is 128 g/mol. The summed E-state index contributed by atoms with van der Waals surface area (Å²) >= 11 is 0. The van der Waals surface area contributed by atoms with Crippen LogP contribution < -0.4 is 10.6 Å². The van der Waals surface area contributed by atoms with Crippen LogP contribution in [0.1, 0.15) is 20.3 Å². The molecule has 10 heavy (non-hydrogen) atoms. The first-order valence-corrected chi connectivity index (χ1v) is 3.78.